The van der Waals surface area contributed by atoms with Crippen molar-refractivity contribution in [3.05, 3.63) is 47.2 Å². The number of carbonyl (C=O) groups is 1. The molecule has 1 aliphatic rings. The summed E-state index contributed by atoms with van der Waals surface area (Å²) in [6.07, 6.45) is 0.484. The van der Waals surface area contributed by atoms with E-state index in [-0.39, 0.29) is 24.7 Å². The highest BCUT2D eigenvalue weighted by molar-refractivity contribution is 5.89. The van der Waals surface area contributed by atoms with Crippen LogP contribution in [0.5, 0.6) is 0 Å². The monoisotopic (exact) mass is 345 g/mol. The highest BCUT2D eigenvalue weighted by Gasteiger charge is 2.22. The fraction of sp³-hybridized carbons (Fsp3) is 0.500. The maximum absolute atomic E-state index is 12.1. The second kappa shape index (κ2) is 7.76. The highest BCUT2D eigenvalue weighted by Crippen LogP contribution is 2.15. The third kappa shape index (κ3) is 4.87. The average Bonchev–Trinajstić information content (AvgIpc) is 2.98. The van der Waals surface area contributed by atoms with Gasteiger partial charge >= 0.3 is 5.97 Å². The van der Waals surface area contributed by atoms with Crippen molar-refractivity contribution in [2.75, 3.05) is 13.1 Å². The number of nitrogens with zero attached hydrogens (tertiary/aromatic N) is 3. The van der Waals surface area contributed by atoms with Gasteiger partial charge in [-0.2, -0.15) is 0 Å². The van der Waals surface area contributed by atoms with Gasteiger partial charge in [0.15, 0.2) is 6.61 Å². The quantitative estimate of drug-likeness (QED) is 0.770. The van der Waals surface area contributed by atoms with Crippen LogP contribution in [-0.2, 0) is 22.6 Å². The van der Waals surface area contributed by atoms with Crippen molar-refractivity contribution in [1.29, 1.82) is 0 Å². The van der Waals surface area contributed by atoms with Crippen LogP contribution >= 0.6 is 0 Å². The summed E-state index contributed by atoms with van der Waals surface area (Å²) in [6.45, 7) is 8.52. The molecule has 2 atom stereocenters. The van der Waals surface area contributed by atoms with Crippen molar-refractivity contribution < 1.29 is 18.7 Å². The maximum Gasteiger partial charge on any atom is 0.338 e. The van der Waals surface area contributed by atoms with Crippen LogP contribution in [0.1, 0.15) is 41.6 Å². The second-order valence-electron chi connectivity index (χ2n) is 6.44. The lowest BCUT2D eigenvalue weighted by atomic mass is 10.1. The summed E-state index contributed by atoms with van der Waals surface area (Å²) in [5, 5.41) is 7.49. The Balaban J connectivity index is 1.53. The van der Waals surface area contributed by atoms with Gasteiger partial charge < -0.3 is 13.9 Å². The molecule has 2 heterocycles. The van der Waals surface area contributed by atoms with Crippen molar-refractivity contribution in [1.82, 2.24) is 15.1 Å². The number of hydrogen-bond donors (Lipinski definition) is 0. The Bertz CT molecular complexity index is 703. The number of rotatable bonds is 5. The van der Waals surface area contributed by atoms with Gasteiger partial charge in [0.25, 0.3) is 5.89 Å². The molecule has 134 valence electrons. The normalized spacial score (nSPS) is 21.2. The number of aryl methyl sites for hydroxylation is 1. The van der Waals surface area contributed by atoms with Gasteiger partial charge in [0.1, 0.15) is 0 Å². The predicted molar refractivity (Wildman–Crippen MR) is 89.9 cm³/mol. The van der Waals surface area contributed by atoms with Crippen LogP contribution in [0.3, 0.4) is 0 Å². The molecule has 0 unspecified atom stereocenters. The van der Waals surface area contributed by atoms with E-state index in [1.165, 1.54) is 0 Å². The second-order valence-corrected chi connectivity index (χ2v) is 6.44. The minimum absolute atomic E-state index is 0.0228. The molecule has 0 aliphatic carbocycles. The van der Waals surface area contributed by atoms with Crippen LogP contribution in [-0.4, -0.2) is 46.4 Å². The molecule has 1 fully saturated rings. The molecular weight excluding hydrogens is 322 g/mol. The maximum atomic E-state index is 12.1. The molecule has 0 radical (unpaired) electrons. The van der Waals surface area contributed by atoms with Crippen molar-refractivity contribution in [3.8, 4) is 0 Å². The van der Waals surface area contributed by atoms with Gasteiger partial charge in [-0.3, -0.25) is 4.90 Å². The summed E-state index contributed by atoms with van der Waals surface area (Å²) in [5.74, 6) is 0.330. The molecule has 1 aromatic heterocycles. The van der Waals surface area contributed by atoms with Crippen molar-refractivity contribution in [3.63, 3.8) is 0 Å². The molecule has 0 saturated carbocycles. The number of ether oxygens (including phenoxy) is 2. The SMILES string of the molecule is Cc1nnc(COC(=O)c2ccc(CN3C[C@H](C)O[C@@H](C)C3)cc2)o1. The molecule has 7 heteroatoms. The minimum atomic E-state index is -0.406. The number of carbonyl (C=O) groups excluding carboxylic acids is 1. The summed E-state index contributed by atoms with van der Waals surface area (Å²) in [6, 6.07) is 7.48. The predicted octanol–water partition coefficient (Wildman–Crippen LogP) is 2.34. The Kier molecular flexibility index (Phi) is 5.45. The van der Waals surface area contributed by atoms with E-state index in [4.69, 9.17) is 13.9 Å². The highest BCUT2D eigenvalue weighted by atomic mass is 16.5. The van der Waals surface area contributed by atoms with Gasteiger partial charge in [0.2, 0.25) is 5.89 Å². The summed E-state index contributed by atoms with van der Waals surface area (Å²) in [7, 11) is 0. The molecule has 0 amide bonds. The van der Waals surface area contributed by atoms with E-state index in [2.05, 4.69) is 28.9 Å². The van der Waals surface area contributed by atoms with Crippen LogP contribution in [0, 0.1) is 6.92 Å². The van der Waals surface area contributed by atoms with E-state index in [0.29, 0.717) is 11.5 Å². The molecule has 0 spiro atoms. The van der Waals surface area contributed by atoms with Gasteiger partial charge in [-0.1, -0.05) is 12.1 Å². The Morgan fingerprint density at radius 2 is 1.88 bits per heavy atom. The molecule has 1 saturated heterocycles. The minimum Gasteiger partial charge on any atom is -0.452 e. The molecule has 7 nitrogen and oxygen atoms in total. The number of aromatic nitrogens is 2. The van der Waals surface area contributed by atoms with E-state index >= 15 is 0 Å². The van der Waals surface area contributed by atoms with Gasteiger partial charge in [-0.25, -0.2) is 4.79 Å². The average molecular weight is 345 g/mol. The first-order valence-electron chi connectivity index (χ1n) is 8.42. The number of esters is 1. The van der Waals surface area contributed by atoms with E-state index in [1.54, 1.807) is 19.1 Å². The van der Waals surface area contributed by atoms with Gasteiger partial charge in [-0.05, 0) is 31.5 Å². The summed E-state index contributed by atoms with van der Waals surface area (Å²) in [5.41, 5.74) is 1.66. The summed E-state index contributed by atoms with van der Waals surface area (Å²) >= 11 is 0. The largest absolute Gasteiger partial charge is 0.452 e. The zero-order valence-electron chi connectivity index (χ0n) is 14.8. The molecule has 2 aromatic rings. The summed E-state index contributed by atoms with van der Waals surface area (Å²) < 4.78 is 16.1. The third-order valence-electron chi connectivity index (χ3n) is 3.99. The topological polar surface area (TPSA) is 77.7 Å². The molecule has 25 heavy (non-hydrogen) atoms. The molecule has 3 rings (SSSR count). The van der Waals surface area contributed by atoms with Crippen molar-refractivity contribution >= 4 is 5.97 Å². The van der Waals surface area contributed by atoms with Crippen LogP contribution in [0.4, 0.5) is 0 Å². The first-order valence-corrected chi connectivity index (χ1v) is 8.42. The van der Waals surface area contributed by atoms with Crippen LogP contribution in [0.25, 0.3) is 0 Å². The van der Waals surface area contributed by atoms with E-state index in [0.717, 1.165) is 25.2 Å². The Hall–Kier alpha value is -2.25. The Morgan fingerprint density at radius 1 is 1.20 bits per heavy atom. The fourth-order valence-corrected chi connectivity index (χ4v) is 3.02. The van der Waals surface area contributed by atoms with Crippen LogP contribution < -0.4 is 0 Å². The lowest BCUT2D eigenvalue weighted by Gasteiger charge is -2.35. The lowest BCUT2D eigenvalue weighted by Crippen LogP contribution is -2.44. The van der Waals surface area contributed by atoms with Crippen molar-refractivity contribution in [2.45, 2.75) is 46.1 Å². The molecular formula is C18H23N3O4. The Morgan fingerprint density at radius 3 is 2.48 bits per heavy atom. The van der Waals surface area contributed by atoms with Gasteiger partial charge in [-0.15, -0.1) is 10.2 Å². The van der Waals surface area contributed by atoms with Crippen molar-refractivity contribution in [2.24, 2.45) is 0 Å². The first-order chi connectivity index (χ1) is 12.0. The standard InChI is InChI=1S/C18H23N3O4/c1-12-8-21(9-13(2)24-12)10-15-4-6-16(7-5-15)18(22)23-11-17-20-19-14(3)25-17/h4-7,12-13H,8-11H2,1-3H3/t12-,13-/m0/s1. The zero-order valence-corrected chi connectivity index (χ0v) is 14.8. The smallest absolute Gasteiger partial charge is 0.338 e. The van der Waals surface area contributed by atoms with Crippen LogP contribution in [0.2, 0.25) is 0 Å². The summed E-state index contributed by atoms with van der Waals surface area (Å²) in [4.78, 5) is 14.4. The first kappa shape index (κ1) is 17.6. The lowest BCUT2D eigenvalue weighted by molar-refractivity contribution is -0.0704. The van der Waals surface area contributed by atoms with Gasteiger partial charge in [0, 0.05) is 26.6 Å². The molecule has 0 N–H and O–H groups in total. The Labute approximate surface area is 146 Å². The third-order valence-corrected chi connectivity index (χ3v) is 3.99. The zero-order chi connectivity index (χ0) is 17.8. The number of hydrogen-bond acceptors (Lipinski definition) is 7. The molecule has 0 bridgehead atoms. The molecule has 1 aromatic carbocycles. The number of benzene rings is 1. The number of morpholine rings is 1. The van der Waals surface area contributed by atoms with E-state index in [9.17, 15) is 4.79 Å². The van der Waals surface area contributed by atoms with E-state index in [1.807, 2.05) is 12.1 Å². The molecule has 1 aliphatic heterocycles. The van der Waals surface area contributed by atoms with E-state index < -0.39 is 5.97 Å². The van der Waals surface area contributed by atoms with Crippen LogP contribution in [0.15, 0.2) is 28.7 Å². The fourth-order valence-electron chi connectivity index (χ4n) is 3.02. The van der Waals surface area contributed by atoms with Gasteiger partial charge in [0.05, 0.1) is 17.8 Å².